The summed E-state index contributed by atoms with van der Waals surface area (Å²) in [6.45, 7) is 1.31. The number of carbonyl (C=O) groups excluding carboxylic acids is 3. The van der Waals surface area contributed by atoms with Crippen LogP contribution < -0.4 is 11.1 Å². The van der Waals surface area contributed by atoms with Crippen LogP contribution in [0, 0.1) is 5.82 Å². The molecule has 1 saturated heterocycles. The molecule has 1 aliphatic heterocycles. The number of rotatable bonds is 4. The topological polar surface area (TPSA) is 92.5 Å². The molecular weight excluding hydrogens is 265 g/mol. The van der Waals surface area contributed by atoms with Crippen LogP contribution >= 0.6 is 0 Å². The number of amides is 4. The number of primary amides is 1. The third-order valence-electron chi connectivity index (χ3n) is 3.27. The quantitative estimate of drug-likeness (QED) is 0.784. The van der Waals surface area contributed by atoms with Crippen molar-refractivity contribution < 1.29 is 18.8 Å². The molecule has 1 aromatic rings. The summed E-state index contributed by atoms with van der Waals surface area (Å²) < 4.78 is 13.8. The Labute approximate surface area is 114 Å². The molecule has 3 N–H and O–H groups in total. The monoisotopic (exact) mass is 279 g/mol. The minimum atomic E-state index is -1.47. The van der Waals surface area contributed by atoms with Crippen molar-refractivity contribution in [3.63, 3.8) is 0 Å². The van der Waals surface area contributed by atoms with Gasteiger partial charge >= 0.3 is 6.03 Å². The molecule has 0 aliphatic carbocycles. The molecule has 0 radical (unpaired) electrons. The smallest absolute Gasteiger partial charge is 0.325 e. The first kappa shape index (κ1) is 14.0. The van der Waals surface area contributed by atoms with Crippen LogP contribution in [0.4, 0.5) is 9.18 Å². The van der Waals surface area contributed by atoms with E-state index in [0.717, 1.165) is 4.90 Å². The molecule has 4 amide bonds. The molecule has 1 aromatic carbocycles. The second kappa shape index (κ2) is 4.92. The first-order valence-corrected chi connectivity index (χ1v) is 6.03. The summed E-state index contributed by atoms with van der Waals surface area (Å²) in [5.74, 6) is -1.81. The maximum absolute atomic E-state index is 13.8. The first-order chi connectivity index (χ1) is 9.36. The van der Waals surface area contributed by atoms with Gasteiger partial charge in [-0.1, -0.05) is 18.2 Å². The molecule has 1 atom stereocenters. The zero-order valence-electron chi connectivity index (χ0n) is 10.9. The molecular formula is C13H14FN3O3. The van der Waals surface area contributed by atoms with Gasteiger partial charge < -0.3 is 11.1 Å². The lowest BCUT2D eigenvalue weighted by molar-refractivity contribution is -0.131. The Hall–Kier alpha value is -2.44. The molecule has 1 heterocycles. The van der Waals surface area contributed by atoms with E-state index >= 15 is 0 Å². The largest absolute Gasteiger partial charge is 0.370 e. The molecule has 0 saturated carbocycles. The fourth-order valence-electron chi connectivity index (χ4n) is 2.17. The van der Waals surface area contributed by atoms with E-state index in [1.54, 1.807) is 6.07 Å². The maximum Gasteiger partial charge on any atom is 0.325 e. The number of imide groups is 1. The van der Waals surface area contributed by atoms with Gasteiger partial charge in [0, 0.05) is 18.5 Å². The molecule has 1 aliphatic rings. The van der Waals surface area contributed by atoms with Crippen LogP contribution in [0.25, 0.3) is 0 Å². The molecule has 6 nitrogen and oxygen atoms in total. The number of nitrogens with zero attached hydrogens (tertiary/aromatic N) is 1. The number of nitrogens with two attached hydrogens (primary N) is 1. The minimum Gasteiger partial charge on any atom is -0.370 e. The second-order valence-electron chi connectivity index (χ2n) is 4.71. The van der Waals surface area contributed by atoms with E-state index in [9.17, 15) is 18.8 Å². The van der Waals surface area contributed by atoms with Crippen molar-refractivity contribution in [2.24, 2.45) is 5.73 Å². The van der Waals surface area contributed by atoms with Crippen molar-refractivity contribution in [2.45, 2.75) is 18.9 Å². The molecule has 1 fully saturated rings. The van der Waals surface area contributed by atoms with E-state index < -0.39 is 29.2 Å². The van der Waals surface area contributed by atoms with Gasteiger partial charge in [-0.25, -0.2) is 9.18 Å². The Morgan fingerprint density at radius 3 is 2.65 bits per heavy atom. The highest BCUT2D eigenvalue weighted by Gasteiger charge is 2.49. The highest BCUT2D eigenvalue weighted by Crippen LogP contribution is 2.30. The van der Waals surface area contributed by atoms with E-state index in [1.807, 2.05) is 0 Å². The second-order valence-corrected chi connectivity index (χ2v) is 4.71. The summed E-state index contributed by atoms with van der Waals surface area (Å²) in [5.41, 5.74) is 3.61. The van der Waals surface area contributed by atoms with Crippen LogP contribution in [0.1, 0.15) is 18.9 Å². The van der Waals surface area contributed by atoms with E-state index in [2.05, 4.69) is 5.32 Å². The standard InChI is InChI=1S/C13H14FN3O3/c1-13(8-4-2-3-5-9(8)14)11(19)17(12(20)16-13)7-6-10(15)18/h2-5H,6-7H2,1H3,(H2,15,18)(H,16,20)/t13-/m1/s1. The summed E-state index contributed by atoms with van der Waals surface area (Å²) in [6, 6.07) is 5.06. The Kier molecular flexibility index (Phi) is 3.44. The van der Waals surface area contributed by atoms with Gasteiger partial charge in [0.2, 0.25) is 5.91 Å². The fraction of sp³-hybridized carbons (Fsp3) is 0.308. The van der Waals surface area contributed by atoms with Crippen molar-refractivity contribution in [3.05, 3.63) is 35.6 Å². The van der Waals surface area contributed by atoms with Gasteiger partial charge in [0.1, 0.15) is 11.4 Å². The van der Waals surface area contributed by atoms with Crippen molar-refractivity contribution in [1.29, 1.82) is 0 Å². The summed E-state index contributed by atoms with van der Waals surface area (Å²) in [4.78, 5) is 35.8. The Balaban J connectivity index is 2.31. The average Bonchev–Trinajstić information content (AvgIpc) is 2.59. The van der Waals surface area contributed by atoms with E-state index in [0.29, 0.717) is 0 Å². The number of nitrogens with one attached hydrogen (secondary N) is 1. The summed E-state index contributed by atoms with van der Waals surface area (Å²) in [6.07, 6.45) is -0.132. The number of benzene rings is 1. The average molecular weight is 279 g/mol. The lowest BCUT2D eigenvalue weighted by Gasteiger charge is -2.22. The molecule has 20 heavy (non-hydrogen) atoms. The van der Waals surface area contributed by atoms with Gasteiger partial charge in [-0.05, 0) is 13.0 Å². The van der Waals surface area contributed by atoms with Crippen molar-refractivity contribution >= 4 is 17.8 Å². The van der Waals surface area contributed by atoms with Crippen LogP contribution in [0.15, 0.2) is 24.3 Å². The minimum absolute atomic E-state index is 0.0833. The Bertz CT molecular complexity index is 590. The number of carbonyl (C=O) groups is 3. The maximum atomic E-state index is 13.8. The van der Waals surface area contributed by atoms with Crippen molar-refractivity contribution in [1.82, 2.24) is 10.2 Å². The van der Waals surface area contributed by atoms with Crippen LogP contribution in [0.5, 0.6) is 0 Å². The zero-order valence-corrected chi connectivity index (χ0v) is 10.9. The molecule has 0 aromatic heterocycles. The number of hydrogen-bond donors (Lipinski definition) is 2. The molecule has 0 bridgehead atoms. The molecule has 2 rings (SSSR count). The third-order valence-corrected chi connectivity index (χ3v) is 3.27. The van der Waals surface area contributed by atoms with Crippen molar-refractivity contribution in [2.75, 3.05) is 6.54 Å². The SMILES string of the molecule is C[C@]1(c2ccccc2F)NC(=O)N(CCC(N)=O)C1=O. The molecule has 0 spiro atoms. The number of halogens is 1. The van der Waals surface area contributed by atoms with Gasteiger partial charge in [-0.2, -0.15) is 0 Å². The molecule has 106 valence electrons. The normalized spacial score (nSPS) is 22.0. The first-order valence-electron chi connectivity index (χ1n) is 6.03. The zero-order chi connectivity index (χ0) is 14.9. The van der Waals surface area contributed by atoms with Gasteiger partial charge in [0.05, 0.1) is 0 Å². The van der Waals surface area contributed by atoms with Crippen molar-refractivity contribution in [3.8, 4) is 0 Å². The summed E-state index contributed by atoms with van der Waals surface area (Å²) in [5, 5.41) is 2.46. The number of hydrogen-bond acceptors (Lipinski definition) is 3. The van der Waals surface area contributed by atoms with Crippen LogP contribution in [0.3, 0.4) is 0 Å². The fourth-order valence-corrected chi connectivity index (χ4v) is 2.17. The van der Waals surface area contributed by atoms with Gasteiger partial charge in [0.15, 0.2) is 0 Å². The van der Waals surface area contributed by atoms with E-state index in [1.165, 1.54) is 25.1 Å². The predicted octanol–water partition coefficient (Wildman–Crippen LogP) is 0.468. The van der Waals surface area contributed by atoms with Crippen LogP contribution in [0.2, 0.25) is 0 Å². The molecule has 0 unspecified atom stereocenters. The lowest BCUT2D eigenvalue weighted by atomic mass is 9.91. The molecule has 7 heteroatoms. The summed E-state index contributed by atoms with van der Waals surface area (Å²) >= 11 is 0. The van der Waals surface area contributed by atoms with Crippen LogP contribution in [-0.4, -0.2) is 29.3 Å². The number of urea groups is 1. The lowest BCUT2D eigenvalue weighted by Crippen LogP contribution is -2.42. The third kappa shape index (κ3) is 2.22. The Morgan fingerprint density at radius 2 is 2.05 bits per heavy atom. The van der Waals surface area contributed by atoms with Gasteiger partial charge in [-0.3, -0.25) is 14.5 Å². The van der Waals surface area contributed by atoms with Gasteiger partial charge in [0.25, 0.3) is 5.91 Å². The summed E-state index contributed by atoms with van der Waals surface area (Å²) in [7, 11) is 0. The Morgan fingerprint density at radius 1 is 1.40 bits per heavy atom. The van der Waals surface area contributed by atoms with Crippen LogP contribution in [-0.2, 0) is 15.1 Å². The van der Waals surface area contributed by atoms with E-state index in [-0.39, 0.29) is 18.5 Å². The highest BCUT2D eigenvalue weighted by molar-refractivity contribution is 6.07. The highest BCUT2D eigenvalue weighted by atomic mass is 19.1. The van der Waals surface area contributed by atoms with Gasteiger partial charge in [-0.15, -0.1) is 0 Å². The van der Waals surface area contributed by atoms with E-state index in [4.69, 9.17) is 5.73 Å². The predicted molar refractivity (Wildman–Crippen MR) is 67.8 cm³/mol.